The van der Waals surface area contributed by atoms with Gasteiger partial charge in [-0.2, -0.15) is 0 Å². The van der Waals surface area contributed by atoms with Gasteiger partial charge in [-0.15, -0.1) is 0 Å². The van der Waals surface area contributed by atoms with E-state index in [1.807, 2.05) is 0 Å². The van der Waals surface area contributed by atoms with Crippen molar-refractivity contribution < 1.29 is 0 Å². The summed E-state index contributed by atoms with van der Waals surface area (Å²) in [7, 11) is 0. The van der Waals surface area contributed by atoms with Crippen molar-refractivity contribution in [2.75, 3.05) is 0 Å². The molecule has 39 valence electrons. The Morgan fingerprint density at radius 1 is 1.71 bits per heavy atom. The molecule has 3 heteroatoms. The molecule has 0 saturated heterocycles. The zero-order chi connectivity index (χ0) is 5.28. The van der Waals surface area contributed by atoms with E-state index in [4.69, 9.17) is 5.73 Å². The monoisotopic (exact) mass is 115 g/mol. The van der Waals surface area contributed by atoms with Crippen LogP contribution in [0.25, 0.3) is 0 Å². The molecule has 0 spiro atoms. The summed E-state index contributed by atoms with van der Waals surface area (Å²) in [6.07, 6.45) is 2.39. The van der Waals surface area contributed by atoms with Gasteiger partial charge in [0.2, 0.25) is 0 Å². The van der Waals surface area contributed by atoms with Crippen LogP contribution in [0, 0.1) is 0 Å². The smallest absolute Gasteiger partial charge is 0.185 e. The van der Waals surface area contributed by atoms with Gasteiger partial charge in [0.1, 0.15) is 0 Å². The fourth-order valence-electron chi connectivity index (χ4n) is 0.413. The van der Waals surface area contributed by atoms with E-state index in [1.54, 1.807) is 0 Å². The molecular formula is C4H7N2S. The van der Waals surface area contributed by atoms with Crippen molar-refractivity contribution >= 4 is 17.3 Å². The Morgan fingerprint density at radius 3 is 2.43 bits per heavy atom. The normalized spacial score (nSPS) is 18.9. The minimum atomic E-state index is 0.183. The SMILES string of the molecule is [NH]C(=S)NC1CC1. The maximum Gasteiger partial charge on any atom is 0.185 e. The summed E-state index contributed by atoms with van der Waals surface area (Å²) in [5.41, 5.74) is 6.77. The minimum Gasteiger partial charge on any atom is -0.359 e. The third-order valence-electron chi connectivity index (χ3n) is 0.913. The van der Waals surface area contributed by atoms with Crippen LogP contribution in [-0.2, 0) is 0 Å². The van der Waals surface area contributed by atoms with Gasteiger partial charge in [-0.05, 0) is 25.1 Å². The van der Waals surface area contributed by atoms with Gasteiger partial charge in [0.05, 0.1) is 0 Å². The molecule has 1 rings (SSSR count). The predicted molar refractivity (Wildman–Crippen MR) is 31.9 cm³/mol. The van der Waals surface area contributed by atoms with Crippen LogP contribution in [0.1, 0.15) is 12.8 Å². The number of thiocarbonyl (C=S) groups is 1. The van der Waals surface area contributed by atoms with E-state index < -0.39 is 0 Å². The molecule has 0 amide bonds. The predicted octanol–water partition coefficient (Wildman–Crippen LogP) is 0.306. The molecule has 2 N–H and O–H groups in total. The van der Waals surface area contributed by atoms with Gasteiger partial charge in [0, 0.05) is 6.04 Å². The number of rotatable bonds is 1. The van der Waals surface area contributed by atoms with E-state index >= 15 is 0 Å². The second-order valence-corrected chi connectivity index (χ2v) is 2.16. The number of hydrogen-bond acceptors (Lipinski definition) is 1. The summed E-state index contributed by atoms with van der Waals surface area (Å²) in [5.74, 6) is 0. The van der Waals surface area contributed by atoms with Gasteiger partial charge in [-0.1, -0.05) is 0 Å². The highest BCUT2D eigenvalue weighted by molar-refractivity contribution is 7.80. The van der Waals surface area contributed by atoms with Gasteiger partial charge in [-0.3, -0.25) is 5.73 Å². The quantitative estimate of drug-likeness (QED) is 0.499. The average Bonchev–Trinajstić information content (AvgIpc) is 2.17. The summed E-state index contributed by atoms with van der Waals surface area (Å²) in [6, 6.07) is 0.546. The van der Waals surface area contributed by atoms with E-state index in [2.05, 4.69) is 17.5 Å². The lowest BCUT2D eigenvalue weighted by molar-refractivity contribution is 0.910. The molecular weight excluding hydrogens is 108 g/mol. The Morgan fingerprint density at radius 2 is 2.29 bits per heavy atom. The molecule has 1 radical (unpaired) electrons. The van der Waals surface area contributed by atoms with E-state index in [-0.39, 0.29) is 5.11 Å². The fraction of sp³-hybridized carbons (Fsp3) is 0.750. The van der Waals surface area contributed by atoms with Crippen LogP contribution in [0.15, 0.2) is 0 Å². The molecule has 0 heterocycles. The van der Waals surface area contributed by atoms with Crippen molar-refractivity contribution in [3.8, 4) is 0 Å². The highest BCUT2D eigenvalue weighted by Gasteiger charge is 2.20. The fourth-order valence-corrected chi connectivity index (χ4v) is 0.580. The number of nitrogens with one attached hydrogen (secondary N) is 2. The molecule has 2 nitrogen and oxygen atoms in total. The van der Waals surface area contributed by atoms with Crippen molar-refractivity contribution in [1.82, 2.24) is 11.1 Å². The molecule has 0 bridgehead atoms. The second kappa shape index (κ2) is 1.66. The summed E-state index contributed by atoms with van der Waals surface area (Å²) in [6.45, 7) is 0. The van der Waals surface area contributed by atoms with Gasteiger partial charge in [0.25, 0.3) is 0 Å². The molecule has 0 aromatic heterocycles. The zero-order valence-electron chi connectivity index (χ0n) is 3.90. The molecule has 0 aromatic carbocycles. The minimum absolute atomic E-state index is 0.183. The van der Waals surface area contributed by atoms with Gasteiger partial charge >= 0.3 is 0 Å². The average molecular weight is 115 g/mol. The zero-order valence-corrected chi connectivity index (χ0v) is 4.72. The van der Waals surface area contributed by atoms with Crippen LogP contribution in [0.5, 0.6) is 0 Å². The first-order valence-corrected chi connectivity index (χ1v) is 2.72. The van der Waals surface area contributed by atoms with Crippen molar-refractivity contribution in [2.45, 2.75) is 18.9 Å². The maximum atomic E-state index is 6.77. The van der Waals surface area contributed by atoms with Crippen LogP contribution in [-0.4, -0.2) is 11.2 Å². The third-order valence-corrected chi connectivity index (χ3v) is 1.03. The van der Waals surface area contributed by atoms with Gasteiger partial charge < -0.3 is 5.32 Å². The summed E-state index contributed by atoms with van der Waals surface area (Å²) in [5, 5.41) is 3.00. The molecule has 7 heavy (non-hydrogen) atoms. The Bertz CT molecular complexity index is 87.7. The summed E-state index contributed by atoms with van der Waals surface area (Å²) < 4.78 is 0. The van der Waals surface area contributed by atoms with Crippen LogP contribution in [0.2, 0.25) is 0 Å². The maximum absolute atomic E-state index is 6.77. The molecule has 1 fully saturated rings. The molecule has 0 unspecified atom stereocenters. The topological polar surface area (TPSA) is 35.8 Å². The first kappa shape index (κ1) is 4.84. The van der Waals surface area contributed by atoms with E-state index in [9.17, 15) is 0 Å². The van der Waals surface area contributed by atoms with Crippen molar-refractivity contribution in [1.29, 1.82) is 0 Å². The largest absolute Gasteiger partial charge is 0.359 e. The molecule has 0 atom stereocenters. The summed E-state index contributed by atoms with van der Waals surface area (Å²) in [4.78, 5) is 0. The first-order valence-electron chi connectivity index (χ1n) is 2.31. The van der Waals surface area contributed by atoms with Crippen molar-refractivity contribution in [3.63, 3.8) is 0 Å². The van der Waals surface area contributed by atoms with Crippen LogP contribution in [0.3, 0.4) is 0 Å². The lowest BCUT2D eigenvalue weighted by Gasteiger charge is -1.94. The molecule has 0 aromatic rings. The van der Waals surface area contributed by atoms with Gasteiger partial charge in [-0.25, -0.2) is 0 Å². The van der Waals surface area contributed by atoms with Crippen LogP contribution < -0.4 is 11.1 Å². The Balaban J connectivity index is 2.08. The number of hydrogen-bond donors (Lipinski definition) is 1. The summed E-state index contributed by atoms with van der Waals surface area (Å²) >= 11 is 4.47. The van der Waals surface area contributed by atoms with Gasteiger partial charge in [0.15, 0.2) is 5.11 Å². The van der Waals surface area contributed by atoms with E-state index in [0.717, 1.165) is 0 Å². The van der Waals surface area contributed by atoms with E-state index in [0.29, 0.717) is 6.04 Å². The third kappa shape index (κ3) is 1.73. The second-order valence-electron chi connectivity index (χ2n) is 1.75. The highest BCUT2D eigenvalue weighted by atomic mass is 32.1. The van der Waals surface area contributed by atoms with Crippen LogP contribution >= 0.6 is 12.2 Å². The van der Waals surface area contributed by atoms with E-state index in [1.165, 1.54) is 12.8 Å². The molecule has 0 aliphatic heterocycles. The molecule has 1 aliphatic carbocycles. The Hall–Kier alpha value is -0.310. The lowest BCUT2D eigenvalue weighted by atomic mass is 10.7. The van der Waals surface area contributed by atoms with Crippen molar-refractivity contribution in [3.05, 3.63) is 0 Å². The highest BCUT2D eigenvalue weighted by Crippen LogP contribution is 2.17. The Kier molecular flexibility index (Phi) is 1.15. The molecule has 1 aliphatic rings. The first-order chi connectivity index (χ1) is 3.29. The molecule has 1 saturated carbocycles. The van der Waals surface area contributed by atoms with Crippen molar-refractivity contribution in [2.24, 2.45) is 0 Å². The lowest BCUT2D eigenvalue weighted by Crippen LogP contribution is -2.23. The Labute approximate surface area is 48.1 Å². The standard InChI is InChI=1S/C4H7N2S/c5-4(7)6-3-1-2-3/h3,5H,1-2H2,(H,6,7). The van der Waals surface area contributed by atoms with Crippen LogP contribution in [0.4, 0.5) is 0 Å².